The first-order valence-electron chi connectivity index (χ1n) is 5.06. The Morgan fingerprint density at radius 3 is 2.62 bits per heavy atom. The molecule has 1 aromatic heterocycles. The van der Waals surface area contributed by atoms with E-state index in [1.165, 1.54) is 12.1 Å². The van der Waals surface area contributed by atoms with Crippen LogP contribution in [0, 0.1) is 5.82 Å². The maximum absolute atomic E-state index is 13.3. The van der Waals surface area contributed by atoms with E-state index in [2.05, 4.69) is 11.9 Å². The number of aryl methyl sites for hydroxylation is 1. The van der Waals surface area contributed by atoms with Crippen molar-refractivity contribution in [1.82, 2.24) is 4.98 Å². The number of rotatable bonds is 2. The smallest absolute Gasteiger partial charge is 0.143 e. The normalized spacial score (nSPS) is 11.0. The van der Waals surface area contributed by atoms with Gasteiger partial charge in [0.05, 0.1) is 15.6 Å². The summed E-state index contributed by atoms with van der Waals surface area (Å²) >= 11 is 11.8. The minimum absolute atomic E-state index is 0.0689. The highest BCUT2D eigenvalue weighted by Gasteiger charge is 2.08. The summed E-state index contributed by atoms with van der Waals surface area (Å²) in [5.74, 6) is -0.466. The second-order valence-corrected chi connectivity index (χ2v) is 4.44. The molecule has 16 heavy (non-hydrogen) atoms. The van der Waals surface area contributed by atoms with E-state index < -0.39 is 5.82 Å². The van der Waals surface area contributed by atoms with Gasteiger partial charge in [-0.3, -0.25) is 4.98 Å². The molecule has 0 amide bonds. The number of benzene rings is 1. The molecule has 0 saturated heterocycles. The molecule has 0 saturated carbocycles. The van der Waals surface area contributed by atoms with Gasteiger partial charge in [-0.1, -0.05) is 36.5 Å². The van der Waals surface area contributed by atoms with Crippen molar-refractivity contribution in [2.24, 2.45) is 0 Å². The zero-order valence-electron chi connectivity index (χ0n) is 8.73. The van der Waals surface area contributed by atoms with Crippen molar-refractivity contribution >= 4 is 34.1 Å². The van der Waals surface area contributed by atoms with E-state index in [4.69, 9.17) is 23.2 Å². The second kappa shape index (κ2) is 4.56. The Hall–Kier alpha value is -0.860. The van der Waals surface area contributed by atoms with Gasteiger partial charge < -0.3 is 0 Å². The molecule has 0 spiro atoms. The highest BCUT2D eigenvalue weighted by atomic mass is 35.5. The summed E-state index contributed by atoms with van der Waals surface area (Å²) in [5, 5.41) is 1.32. The maximum atomic E-state index is 13.3. The fourth-order valence-corrected chi connectivity index (χ4v) is 2.06. The Kier molecular flexibility index (Phi) is 3.31. The number of fused-ring (bicyclic) bond motifs is 1. The van der Waals surface area contributed by atoms with Gasteiger partial charge in [-0.25, -0.2) is 4.39 Å². The SMILES string of the molecule is CCCc1cc(Cl)c2cc(Cl)c(F)cc2n1. The fraction of sp³-hybridized carbons (Fsp3) is 0.250. The highest BCUT2D eigenvalue weighted by molar-refractivity contribution is 6.36. The van der Waals surface area contributed by atoms with Crippen molar-refractivity contribution in [2.75, 3.05) is 0 Å². The van der Waals surface area contributed by atoms with E-state index in [1.807, 2.05) is 6.07 Å². The minimum Gasteiger partial charge on any atom is -0.253 e. The quantitative estimate of drug-likeness (QED) is 0.765. The zero-order valence-corrected chi connectivity index (χ0v) is 10.2. The molecule has 0 aliphatic carbocycles. The predicted octanol–water partition coefficient (Wildman–Crippen LogP) is 4.63. The van der Waals surface area contributed by atoms with Crippen molar-refractivity contribution in [3.8, 4) is 0 Å². The van der Waals surface area contributed by atoms with Crippen molar-refractivity contribution < 1.29 is 4.39 Å². The van der Waals surface area contributed by atoms with Crippen molar-refractivity contribution in [1.29, 1.82) is 0 Å². The van der Waals surface area contributed by atoms with Gasteiger partial charge >= 0.3 is 0 Å². The van der Waals surface area contributed by atoms with Crippen LogP contribution in [0.1, 0.15) is 19.0 Å². The molecule has 0 atom stereocenters. The summed E-state index contributed by atoms with van der Waals surface area (Å²) in [6.45, 7) is 2.06. The van der Waals surface area contributed by atoms with Gasteiger partial charge in [-0.05, 0) is 18.6 Å². The Balaban J connectivity index is 2.67. The topological polar surface area (TPSA) is 12.9 Å². The largest absolute Gasteiger partial charge is 0.253 e. The zero-order chi connectivity index (χ0) is 11.7. The lowest BCUT2D eigenvalue weighted by molar-refractivity contribution is 0.629. The molecule has 1 heterocycles. The van der Waals surface area contributed by atoms with E-state index in [1.54, 1.807) is 0 Å². The van der Waals surface area contributed by atoms with Crippen LogP contribution in [0.25, 0.3) is 10.9 Å². The summed E-state index contributed by atoms with van der Waals surface area (Å²) in [6.07, 6.45) is 1.81. The maximum Gasteiger partial charge on any atom is 0.143 e. The van der Waals surface area contributed by atoms with Crippen LogP contribution >= 0.6 is 23.2 Å². The number of hydrogen-bond donors (Lipinski definition) is 0. The lowest BCUT2D eigenvalue weighted by atomic mass is 10.1. The number of pyridine rings is 1. The Morgan fingerprint density at radius 1 is 1.19 bits per heavy atom. The van der Waals surface area contributed by atoms with Gasteiger partial charge in [0.1, 0.15) is 5.82 Å². The molecule has 0 N–H and O–H groups in total. The average Bonchev–Trinajstić information content (AvgIpc) is 2.22. The molecule has 2 rings (SSSR count). The third-order valence-electron chi connectivity index (χ3n) is 2.36. The highest BCUT2D eigenvalue weighted by Crippen LogP contribution is 2.28. The monoisotopic (exact) mass is 257 g/mol. The first kappa shape index (κ1) is 11.6. The number of hydrogen-bond acceptors (Lipinski definition) is 1. The molecule has 4 heteroatoms. The molecule has 1 aromatic carbocycles. The van der Waals surface area contributed by atoms with Crippen molar-refractivity contribution in [2.45, 2.75) is 19.8 Å². The minimum atomic E-state index is -0.466. The molecule has 0 unspecified atom stereocenters. The van der Waals surface area contributed by atoms with Crippen LogP contribution in [0.2, 0.25) is 10.0 Å². The van der Waals surface area contributed by atoms with E-state index in [0.29, 0.717) is 15.9 Å². The Bertz CT molecular complexity index is 540. The molecule has 0 aliphatic rings. The van der Waals surface area contributed by atoms with Crippen LogP contribution in [-0.4, -0.2) is 4.98 Å². The lowest BCUT2D eigenvalue weighted by Gasteiger charge is -2.05. The summed E-state index contributed by atoms with van der Waals surface area (Å²) in [6, 6.07) is 4.64. The van der Waals surface area contributed by atoms with E-state index in [9.17, 15) is 4.39 Å². The van der Waals surface area contributed by atoms with Gasteiger partial charge in [-0.15, -0.1) is 0 Å². The standard InChI is InChI=1S/C12H10Cl2FN/c1-2-3-7-4-9(13)8-5-10(14)11(15)6-12(8)16-7/h4-6H,2-3H2,1H3. The molecule has 0 bridgehead atoms. The molecule has 0 aliphatic heterocycles. The molecule has 0 radical (unpaired) electrons. The first-order valence-corrected chi connectivity index (χ1v) is 5.81. The molecule has 84 valence electrons. The number of halogens is 3. The molecular weight excluding hydrogens is 248 g/mol. The lowest BCUT2D eigenvalue weighted by Crippen LogP contribution is -1.92. The van der Waals surface area contributed by atoms with E-state index in [0.717, 1.165) is 18.5 Å². The van der Waals surface area contributed by atoms with Crippen LogP contribution in [-0.2, 0) is 6.42 Å². The van der Waals surface area contributed by atoms with Gasteiger partial charge in [0.2, 0.25) is 0 Å². The van der Waals surface area contributed by atoms with Gasteiger partial charge in [-0.2, -0.15) is 0 Å². The van der Waals surface area contributed by atoms with Crippen LogP contribution in [0.3, 0.4) is 0 Å². The van der Waals surface area contributed by atoms with Crippen LogP contribution in [0.5, 0.6) is 0 Å². The summed E-state index contributed by atoms with van der Waals surface area (Å²) < 4.78 is 13.3. The number of nitrogens with zero attached hydrogens (tertiary/aromatic N) is 1. The van der Waals surface area contributed by atoms with Crippen LogP contribution < -0.4 is 0 Å². The summed E-state index contributed by atoms with van der Waals surface area (Å²) in [7, 11) is 0. The molecule has 0 fully saturated rings. The first-order chi connectivity index (χ1) is 7.61. The average molecular weight is 258 g/mol. The third-order valence-corrected chi connectivity index (χ3v) is 2.96. The Labute approximate surface area is 103 Å². The molecular formula is C12H10Cl2FN. The van der Waals surface area contributed by atoms with Crippen LogP contribution in [0.15, 0.2) is 18.2 Å². The van der Waals surface area contributed by atoms with E-state index >= 15 is 0 Å². The fourth-order valence-electron chi connectivity index (χ4n) is 1.62. The van der Waals surface area contributed by atoms with Gasteiger partial charge in [0.15, 0.2) is 0 Å². The number of aromatic nitrogens is 1. The molecule has 1 nitrogen and oxygen atoms in total. The third kappa shape index (κ3) is 2.13. The summed E-state index contributed by atoms with van der Waals surface area (Å²) in [5.41, 5.74) is 1.43. The van der Waals surface area contributed by atoms with Gasteiger partial charge in [0, 0.05) is 17.1 Å². The molecule has 2 aromatic rings. The van der Waals surface area contributed by atoms with Gasteiger partial charge in [0.25, 0.3) is 0 Å². The summed E-state index contributed by atoms with van der Waals surface area (Å²) in [4.78, 5) is 4.34. The van der Waals surface area contributed by atoms with Crippen LogP contribution in [0.4, 0.5) is 4.39 Å². The van der Waals surface area contributed by atoms with E-state index in [-0.39, 0.29) is 5.02 Å². The van der Waals surface area contributed by atoms with Crippen molar-refractivity contribution in [3.63, 3.8) is 0 Å². The second-order valence-electron chi connectivity index (χ2n) is 3.63. The Morgan fingerprint density at radius 2 is 1.94 bits per heavy atom. The predicted molar refractivity (Wildman–Crippen MR) is 65.7 cm³/mol. The van der Waals surface area contributed by atoms with Crippen molar-refractivity contribution in [3.05, 3.63) is 39.8 Å².